The van der Waals surface area contributed by atoms with Crippen LogP contribution in [0.1, 0.15) is 19.5 Å². The summed E-state index contributed by atoms with van der Waals surface area (Å²) in [5.41, 5.74) is 0.293. The minimum absolute atomic E-state index is 0.0534. The van der Waals surface area contributed by atoms with E-state index in [0.29, 0.717) is 43.8 Å². The van der Waals surface area contributed by atoms with Crippen LogP contribution in [0.25, 0.3) is 0 Å². The summed E-state index contributed by atoms with van der Waals surface area (Å²) in [5.74, 6) is 0.701. The zero-order valence-corrected chi connectivity index (χ0v) is 12.3. The summed E-state index contributed by atoms with van der Waals surface area (Å²) < 4.78 is 5.30. The summed E-state index contributed by atoms with van der Waals surface area (Å²) in [6, 6.07) is 0. The Balaban J connectivity index is 3.16. The molecule has 0 fully saturated rings. The number of nitro groups is 1. The van der Waals surface area contributed by atoms with Gasteiger partial charge in [-0.05, 0) is 20.8 Å². The fourth-order valence-corrected chi connectivity index (χ4v) is 1.83. The quantitative estimate of drug-likeness (QED) is 0.440. The highest BCUT2D eigenvalue weighted by atomic mass is 16.6. The molecule has 0 unspecified atom stereocenters. The Kier molecular flexibility index (Phi) is 6.10. The van der Waals surface area contributed by atoms with Crippen molar-refractivity contribution in [2.24, 2.45) is 0 Å². The first-order valence-corrected chi connectivity index (χ1v) is 6.58. The largest absolute Gasteiger partial charge is 0.380 e. The summed E-state index contributed by atoms with van der Waals surface area (Å²) in [7, 11) is 1.68. The molecule has 0 radical (unpaired) electrons. The Bertz CT molecular complexity index is 467. The van der Waals surface area contributed by atoms with Crippen LogP contribution in [0.3, 0.4) is 0 Å². The third-order valence-corrected chi connectivity index (χ3v) is 2.84. The predicted octanol–water partition coefficient (Wildman–Crippen LogP) is 1.60. The second-order valence-corrected chi connectivity index (χ2v) is 4.09. The maximum absolute atomic E-state index is 11.2. The Morgan fingerprint density at radius 2 is 2.10 bits per heavy atom. The first kappa shape index (κ1) is 16.1. The smallest absolute Gasteiger partial charge is 0.332 e. The van der Waals surface area contributed by atoms with Crippen molar-refractivity contribution in [2.45, 2.75) is 20.8 Å². The van der Waals surface area contributed by atoms with Crippen molar-refractivity contribution < 1.29 is 9.66 Å². The number of likely N-dealkylation sites (N-methyl/N-ethyl adjacent to an activating group) is 1. The van der Waals surface area contributed by atoms with Gasteiger partial charge in [-0.2, -0.15) is 4.98 Å². The van der Waals surface area contributed by atoms with Gasteiger partial charge in [0.25, 0.3) is 0 Å². The maximum atomic E-state index is 11.2. The standard InChI is InChI=1S/C12H21N5O3/c1-5-16(7-8-20-6-2)11-10(17(18)19)9(3)14-12(13-4)15-11/h5-8H2,1-4H3,(H,13,14,15). The van der Waals surface area contributed by atoms with E-state index < -0.39 is 4.92 Å². The lowest BCUT2D eigenvalue weighted by atomic mass is 10.3. The number of aryl methyl sites for hydroxylation is 1. The molecule has 0 bridgehead atoms. The topological polar surface area (TPSA) is 93.4 Å². The Morgan fingerprint density at radius 3 is 2.60 bits per heavy atom. The normalized spacial score (nSPS) is 10.4. The second-order valence-electron chi connectivity index (χ2n) is 4.09. The van der Waals surface area contributed by atoms with Gasteiger partial charge in [-0.1, -0.05) is 0 Å². The van der Waals surface area contributed by atoms with Crippen molar-refractivity contribution in [1.29, 1.82) is 0 Å². The van der Waals surface area contributed by atoms with Gasteiger partial charge >= 0.3 is 5.69 Å². The molecule has 1 heterocycles. The molecule has 8 nitrogen and oxygen atoms in total. The van der Waals surface area contributed by atoms with Gasteiger partial charge < -0.3 is 15.0 Å². The van der Waals surface area contributed by atoms with Gasteiger partial charge in [-0.15, -0.1) is 0 Å². The van der Waals surface area contributed by atoms with Crippen molar-refractivity contribution in [3.05, 3.63) is 15.8 Å². The zero-order valence-electron chi connectivity index (χ0n) is 12.3. The maximum Gasteiger partial charge on any atom is 0.332 e. The van der Waals surface area contributed by atoms with Gasteiger partial charge in [-0.3, -0.25) is 10.1 Å². The third-order valence-electron chi connectivity index (χ3n) is 2.84. The van der Waals surface area contributed by atoms with E-state index >= 15 is 0 Å². The molecule has 1 N–H and O–H groups in total. The fraction of sp³-hybridized carbons (Fsp3) is 0.667. The van der Waals surface area contributed by atoms with E-state index in [9.17, 15) is 10.1 Å². The third kappa shape index (κ3) is 3.77. The van der Waals surface area contributed by atoms with Crippen molar-refractivity contribution >= 4 is 17.5 Å². The summed E-state index contributed by atoms with van der Waals surface area (Å²) in [6.07, 6.45) is 0. The first-order chi connectivity index (χ1) is 9.54. The molecule has 8 heteroatoms. The van der Waals surface area contributed by atoms with Gasteiger partial charge in [0.1, 0.15) is 5.69 Å². The highest BCUT2D eigenvalue weighted by Gasteiger charge is 2.25. The van der Waals surface area contributed by atoms with E-state index in [1.54, 1.807) is 14.0 Å². The second kappa shape index (κ2) is 7.59. The minimum atomic E-state index is -0.437. The molecular weight excluding hydrogens is 262 g/mol. The molecule has 0 aliphatic rings. The Morgan fingerprint density at radius 1 is 1.40 bits per heavy atom. The average molecular weight is 283 g/mol. The van der Waals surface area contributed by atoms with Crippen LogP contribution in [0.2, 0.25) is 0 Å². The molecule has 0 saturated heterocycles. The van der Waals surface area contributed by atoms with E-state index in [2.05, 4.69) is 15.3 Å². The van der Waals surface area contributed by atoms with Gasteiger partial charge in [0.15, 0.2) is 0 Å². The molecule has 112 valence electrons. The number of ether oxygens (including phenoxy) is 1. The number of aromatic nitrogens is 2. The molecule has 0 aliphatic heterocycles. The summed E-state index contributed by atoms with van der Waals surface area (Å²) in [4.78, 5) is 20.9. The van der Waals surface area contributed by atoms with Crippen LogP contribution >= 0.6 is 0 Å². The summed E-state index contributed by atoms with van der Waals surface area (Å²) >= 11 is 0. The number of nitrogens with zero attached hydrogens (tertiary/aromatic N) is 4. The van der Waals surface area contributed by atoms with Crippen LogP contribution in [0, 0.1) is 17.0 Å². The molecule has 0 aromatic carbocycles. The van der Waals surface area contributed by atoms with Crippen molar-refractivity contribution in [2.75, 3.05) is 43.6 Å². The number of hydrogen-bond acceptors (Lipinski definition) is 7. The van der Waals surface area contributed by atoms with Crippen molar-refractivity contribution in [1.82, 2.24) is 9.97 Å². The number of anilines is 2. The van der Waals surface area contributed by atoms with E-state index in [1.165, 1.54) is 0 Å². The van der Waals surface area contributed by atoms with Crippen molar-refractivity contribution in [3.63, 3.8) is 0 Å². The summed E-state index contributed by atoms with van der Waals surface area (Å²) in [6.45, 7) is 7.71. The molecule has 0 aliphatic carbocycles. The van der Waals surface area contributed by atoms with Gasteiger partial charge in [0.2, 0.25) is 11.8 Å². The van der Waals surface area contributed by atoms with Gasteiger partial charge in [0, 0.05) is 26.7 Å². The lowest BCUT2D eigenvalue weighted by molar-refractivity contribution is -0.385. The average Bonchev–Trinajstić information content (AvgIpc) is 2.42. The molecule has 0 atom stereocenters. The van der Waals surface area contributed by atoms with E-state index in [0.717, 1.165) is 0 Å². The van der Waals surface area contributed by atoms with Crippen LogP contribution < -0.4 is 10.2 Å². The predicted molar refractivity (Wildman–Crippen MR) is 77.4 cm³/mol. The first-order valence-electron chi connectivity index (χ1n) is 6.58. The van der Waals surface area contributed by atoms with Crippen LogP contribution in [-0.2, 0) is 4.74 Å². The Hall–Kier alpha value is -1.96. The number of rotatable bonds is 8. The lowest BCUT2D eigenvalue weighted by Gasteiger charge is -2.22. The summed E-state index contributed by atoms with van der Waals surface area (Å²) in [5, 5.41) is 14.1. The molecule has 0 saturated carbocycles. The van der Waals surface area contributed by atoms with Crippen LogP contribution in [0.5, 0.6) is 0 Å². The van der Waals surface area contributed by atoms with Gasteiger partial charge in [0.05, 0.1) is 11.5 Å². The lowest BCUT2D eigenvalue weighted by Crippen LogP contribution is -2.29. The highest BCUT2D eigenvalue weighted by Crippen LogP contribution is 2.29. The van der Waals surface area contributed by atoms with E-state index in [4.69, 9.17) is 4.74 Å². The number of nitrogens with one attached hydrogen (secondary N) is 1. The van der Waals surface area contributed by atoms with Crippen LogP contribution in [0.15, 0.2) is 0 Å². The molecule has 1 aromatic rings. The molecule has 1 rings (SSSR count). The van der Waals surface area contributed by atoms with Crippen molar-refractivity contribution in [3.8, 4) is 0 Å². The molecule has 20 heavy (non-hydrogen) atoms. The Labute approximate surface area is 118 Å². The van der Waals surface area contributed by atoms with Gasteiger partial charge in [-0.25, -0.2) is 4.98 Å². The monoisotopic (exact) mass is 283 g/mol. The molecular formula is C12H21N5O3. The van der Waals surface area contributed by atoms with E-state index in [1.807, 2.05) is 18.7 Å². The molecule has 0 spiro atoms. The minimum Gasteiger partial charge on any atom is -0.380 e. The molecule has 1 aromatic heterocycles. The zero-order chi connectivity index (χ0) is 15.1. The highest BCUT2D eigenvalue weighted by molar-refractivity contribution is 5.62. The fourth-order valence-electron chi connectivity index (χ4n) is 1.83. The SMILES string of the molecule is CCOCCN(CC)c1nc(NC)nc(C)c1[N+](=O)[O-]. The van der Waals surface area contributed by atoms with Crippen LogP contribution in [0.4, 0.5) is 17.5 Å². The number of hydrogen-bond donors (Lipinski definition) is 1. The van der Waals surface area contributed by atoms with Crippen LogP contribution in [-0.4, -0.2) is 48.2 Å². The molecule has 0 amide bonds. The van der Waals surface area contributed by atoms with E-state index in [-0.39, 0.29) is 5.69 Å².